The van der Waals surface area contributed by atoms with E-state index in [0.29, 0.717) is 11.3 Å². The third-order valence-electron chi connectivity index (χ3n) is 8.88. The maximum atomic E-state index is 14.8. The van der Waals surface area contributed by atoms with Crippen molar-refractivity contribution in [2.24, 2.45) is 5.92 Å². The molecule has 10 nitrogen and oxygen atoms in total. The average Bonchev–Trinajstić information content (AvgIpc) is 3.52. The van der Waals surface area contributed by atoms with Gasteiger partial charge in [0.2, 0.25) is 5.91 Å². The predicted octanol–water partition coefficient (Wildman–Crippen LogP) is 5.50. The molecular formula is C35H25N3O7. The van der Waals surface area contributed by atoms with Crippen LogP contribution in [0.3, 0.4) is 0 Å². The van der Waals surface area contributed by atoms with Crippen LogP contribution in [-0.2, 0) is 15.0 Å². The minimum atomic E-state index is -1.53. The van der Waals surface area contributed by atoms with Crippen molar-refractivity contribution in [3.05, 3.63) is 141 Å². The van der Waals surface area contributed by atoms with Gasteiger partial charge in [-0.1, -0.05) is 42.5 Å². The number of non-ortho nitro benzene ring substituents is 1. The Balaban J connectivity index is 1.47. The monoisotopic (exact) mass is 599 g/mol. The summed E-state index contributed by atoms with van der Waals surface area (Å²) in [4.78, 5) is 68.0. The number of para-hydroxylation sites is 1. The van der Waals surface area contributed by atoms with Crippen LogP contribution < -0.4 is 10.1 Å². The zero-order valence-corrected chi connectivity index (χ0v) is 23.9. The van der Waals surface area contributed by atoms with Crippen LogP contribution in [0.15, 0.2) is 103 Å². The zero-order valence-electron chi connectivity index (χ0n) is 23.9. The summed E-state index contributed by atoms with van der Waals surface area (Å²) in [6, 6.07) is 24.1. The van der Waals surface area contributed by atoms with Gasteiger partial charge in [-0.3, -0.25) is 29.3 Å². The first-order chi connectivity index (χ1) is 21.7. The Morgan fingerprint density at radius 3 is 2.22 bits per heavy atom. The molecule has 0 radical (unpaired) electrons. The summed E-state index contributed by atoms with van der Waals surface area (Å²) in [6.45, 7) is 1.27. The van der Waals surface area contributed by atoms with Gasteiger partial charge in [-0.15, -0.1) is 0 Å². The summed E-state index contributed by atoms with van der Waals surface area (Å²) >= 11 is 0. The van der Waals surface area contributed by atoms with Crippen LogP contribution in [0.25, 0.3) is 6.08 Å². The highest BCUT2D eigenvalue weighted by atomic mass is 16.6. The number of nitro groups is 1. The van der Waals surface area contributed by atoms with Gasteiger partial charge in [0.15, 0.2) is 11.6 Å². The maximum Gasteiger partial charge on any atom is 0.308 e. The molecule has 1 fully saturated rings. The van der Waals surface area contributed by atoms with E-state index < -0.39 is 51.8 Å². The minimum Gasteiger partial charge on any atom is -0.427 e. The van der Waals surface area contributed by atoms with E-state index in [1.807, 2.05) is 36.4 Å². The Morgan fingerprint density at radius 2 is 1.51 bits per heavy atom. The second-order valence-electron chi connectivity index (χ2n) is 11.2. The Kier molecular flexibility index (Phi) is 6.43. The van der Waals surface area contributed by atoms with Crippen LogP contribution >= 0.6 is 0 Å². The van der Waals surface area contributed by atoms with Gasteiger partial charge in [0.1, 0.15) is 17.2 Å². The average molecular weight is 600 g/mol. The number of benzene rings is 4. The van der Waals surface area contributed by atoms with Crippen molar-refractivity contribution in [1.82, 2.24) is 4.90 Å². The van der Waals surface area contributed by atoms with Crippen LogP contribution in [0, 0.1) is 16.0 Å². The number of fused-ring (bicyclic) bond motifs is 6. The van der Waals surface area contributed by atoms with E-state index in [2.05, 4.69) is 5.32 Å². The fourth-order valence-electron chi connectivity index (χ4n) is 7.12. The molecule has 1 N–H and O–H groups in total. The smallest absolute Gasteiger partial charge is 0.308 e. The number of ether oxygens (including phenoxy) is 1. The molecular weight excluding hydrogens is 574 g/mol. The van der Waals surface area contributed by atoms with Crippen molar-refractivity contribution in [3.63, 3.8) is 0 Å². The molecule has 1 spiro atoms. The molecule has 0 aromatic heterocycles. The van der Waals surface area contributed by atoms with Crippen LogP contribution in [0.2, 0.25) is 0 Å². The molecule has 45 heavy (non-hydrogen) atoms. The van der Waals surface area contributed by atoms with Crippen molar-refractivity contribution in [3.8, 4) is 5.75 Å². The van der Waals surface area contributed by atoms with E-state index in [-0.39, 0.29) is 22.6 Å². The molecule has 0 unspecified atom stereocenters. The first kappa shape index (κ1) is 27.9. The first-order valence-corrected chi connectivity index (χ1v) is 14.3. The number of amides is 1. The van der Waals surface area contributed by atoms with Crippen LogP contribution in [-0.4, -0.2) is 39.3 Å². The number of nitrogens with one attached hydrogen (secondary N) is 1. The summed E-state index contributed by atoms with van der Waals surface area (Å²) in [5.41, 5.74) is 1.46. The Hall–Kier alpha value is -5.90. The van der Waals surface area contributed by atoms with E-state index in [1.54, 1.807) is 29.3 Å². The number of rotatable bonds is 6. The lowest BCUT2D eigenvalue weighted by Crippen LogP contribution is -2.49. The molecule has 4 aromatic carbocycles. The van der Waals surface area contributed by atoms with Crippen LogP contribution in [0.1, 0.15) is 50.4 Å². The van der Waals surface area contributed by atoms with Crippen molar-refractivity contribution < 1.29 is 28.8 Å². The lowest BCUT2D eigenvalue weighted by Gasteiger charge is -2.38. The SMILES string of the molecule is CC(=O)Oc1ccc(C(=O)[C@@H]2[C@H](C(=O)c3ccc([N+](=O)[O-])cc3)[C@]3(C(=O)Nc4ccccc43)[C@H]3c4ccccc4C=CN23)cc1. The molecule has 0 bridgehead atoms. The maximum absolute atomic E-state index is 14.8. The molecule has 1 saturated heterocycles. The molecule has 4 atom stereocenters. The third kappa shape index (κ3) is 4.17. The van der Waals surface area contributed by atoms with Gasteiger partial charge in [-0.2, -0.15) is 0 Å². The number of carbonyl (C=O) groups is 4. The van der Waals surface area contributed by atoms with E-state index in [0.717, 1.165) is 11.1 Å². The number of anilines is 1. The quantitative estimate of drug-likeness (QED) is 0.101. The fourth-order valence-corrected chi connectivity index (χ4v) is 7.12. The normalized spacial score (nSPS) is 22.3. The molecule has 4 aromatic rings. The fraction of sp³-hybridized carbons (Fsp3) is 0.143. The van der Waals surface area contributed by atoms with Gasteiger partial charge in [0.05, 0.1) is 16.9 Å². The lowest BCUT2D eigenvalue weighted by molar-refractivity contribution is -0.384. The third-order valence-corrected chi connectivity index (χ3v) is 8.88. The standard InChI is InChI=1S/C35H25N3O7/c1-20(39)45-25-16-12-23(13-17-25)32(41)30-29(31(40)22-10-14-24(15-11-22)38(43)44)35(27-8-4-5-9-28(27)36-34(35)42)33-26-7-3-2-6-21(26)18-19-37(30)33/h2-19,29-30,33H,1H3,(H,36,42)/t29-,30+,33-,35+/m1/s1. The number of Topliss-reactive ketones (excluding diaryl/α,β-unsaturated/α-hetero) is 2. The number of hydrogen-bond acceptors (Lipinski definition) is 8. The number of nitro benzene ring substituents is 1. The minimum absolute atomic E-state index is 0.141. The largest absolute Gasteiger partial charge is 0.427 e. The summed E-state index contributed by atoms with van der Waals surface area (Å²) in [5.74, 6) is -2.80. The molecule has 1 amide bonds. The van der Waals surface area contributed by atoms with E-state index in [4.69, 9.17) is 4.74 Å². The lowest BCUT2D eigenvalue weighted by atomic mass is 9.62. The molecule has 3 aliphatic rings. The Bertz CT molecular complexity index is 1950. The predicted molar refractivity (Wildman–Crippen MR) is 164 cm³/mol. The number of esters is 1. The van der Waals surface area contributed by atoms with Crippen LogP contribution in [0.5, 0.6) is 5.75 Å². The molecule has 0 aliphatic carbocycles. The van der Waals surface area contributed by atoms with Gasteiger partial charge in [0, 0.05) is 42.1 Å². The van der Waals surface area contributed by atoms with Gasteiger partial charge in [0.25, 0.3) is 5.69 Å². The van der Waals surface area contributed by atoms with Crippen molar-refractivity contribution >= 4 is 40.9 Å². The van der Waals surface area contributed by atoms with Crippen molar-refractivity contribution in [2.45, 2.75) is 24.4 Å². The van der Waals surface area contributed by atoms with E-state index in [1.165, 1.54) is 55.5 Å². The zero-order chi connectivity index (χ0) is 31.5. The topological polar surface area (TPSA) is 136 Å². The number of hydrogen-bond donors (Lipinski definition) is 1. The summed E-state index contributed by atoms with van der Waals surface area (Å²) in [7, 11) is 0. The molecule has 3 aliphatic heterocycles. The van der Waals surface area contributed by atoms with Crippen LogP contribution in [0.4, 0.5) is 11.4 Å². The second kappa shape index (κ2) is 10.4. The van der Waals surface area contributed by atoms with Gasteiger partial charge in [-0.05, 0) is 65.2 Å². The molecule has 222 valence electrons. The van der Waals surface area contributed by atoms with Crippen molar-refractivity contribution in [1.29, 1.82) is 0 Å². The summed E-state index contributed by atoms with van der Waals surface area (Å²) in [5, 5.41) is 14.4. The number of carbonyl (C=O) groups excluding carboxylic acids is 4. The Labute approximate surface area is 257 Å². The highest BCUT2D eigenvalue weighted by Gasteiger charge is 2.70. The summed E-state index contributed by atoms with van der Waals surface area (Å²) < 4.78 is 5.15. The molecule has 0 saturated carbocycles. The van der Waals surface area contributed by atoms with Crippen molar-refractivity contribution in [2.75, 3.05) is 5.32 Å². The van der Waals surface area contributed by atoms with E-state index >= 15 is 0 Å². The molecule has 7 rings (SSSR count). The van der Waals surface area contributed by atoms with Gasteiger partial charge < -0.3 is 15.0 Å². The molecule has 10 heteroatoms. The number of ketones is 2. The highest BCUT2D eigenvalue weighted by Crippen LogP contribution is 2.62. The summed E-state index contributed by atoms with van der Waals surface area (Å²) in [6.07, 6.45) is 3.63. The second-order valence-corrected chi connectivity index (χ2v) is 11.2. The highest BCUT2D eigenvalue weighted by molar-refractivity contribution is 6.16. The van der Waals surface area contributed by atoms with E-state index in [9.17, 15) is 29.3 Å². The van der Waals surface area contributed by atoms with Gasteiger partial charge >= 0.3 is 5.97 Å². The Morgan fingerprint density at radius 1 is 0.867 bits per heavy atom. The number of nitrogens with zero attached hydrogens (tertiary/aromatic N) is 2. The van der Waals surface area contributed by atoms with Gasteiger partial charge in [-0.25, -0.2) is 0 Å². The molecule has 3 heterocycles. The first-order valence-electron chi connectivity index (χ1n) is 14.3.